The zero-order valence-electron chi connectivity index (χ0n) is 16.0. The number of carbonyl (C=O) groups excluding carboxylic acids is 1. The van der Waals surface area contributed by atoms with Crippen LogP contribution in [-0.2, 0) is 4.79 Å². The van der Waals surface area contributed by atoms with Crippen LogP contribution in [0, 0.1) is 13.8 Å². The van der Waals surface area contributed by atoms with Gasteiger partial charge in [-0.15, -0.1) is 0 Å². The first-order valence-electron chi connectivity index (χ1n) is 8.98. The van der Waals surface area contributed by atoms with E-state index in [1.54, 1.807) is 23.1 Å². The lowest BCUT2D eigenvalue weighted by molar-refractivity contribution is -0.132. The molecule has 2 aromatic heterocycles. The normalized spacial score (nSPS) is 11.0. The summed E-state index contributed by atoms with van der Waals surface area (Å²) in [6, 6.07) is 7.10. The first kappa shape index (κ1) is 18.8. The fourth-order valence-electron chi connectivity index (χ4n) is 3.13. The molecule has 0 aliphatic carbocycles. The van der Waals surface area contributed by atoms with Gasteiger partial charge in [-0.25, -0.2) is 0 Å². The minimum Gasteiger partial charge on any atom is -0.476 e. The third-order valence-electron chi connectivity index (χ3n) is 4.48. The van der Waals surface area contributed by atoms with Gasteiger partial charge in [-0.05, 0) is 57.0 Å². The molecule has 0 bridgehead atoms. The quantitative estimate of drug-likeness (QED) is 0.658. The number of carbonyl (C=O) groups is 1. The number of hydrogen-bond acceptors (Lipinski definition) is 5. The Bertz CT molecular complexity index is 1010. The van der Waals surface area contributed by atoms with Gasteiger partial charge in [0.05, 0.1) is 11.6 Å². The number of nitrogens with zero attached hydrogens (tertiary/aromatic N) is 1. The molecule has 142 valence electrons. The van der Waals surface area contributed by atoms with Gasteiger partial charge in [0, 0.05) is 13.1 Å². The Morgan fingerprint density at radius 2 is 1.93 bits per heavy atom. The number of likely N-dealkylation sites (N-methyl/N-ethyl adjacent to an activating group) is 1. The first-order valence-corrected chi connectivity index (χ1v) is 8.98. The molecule has 27 heavy (non-hydrogen) atoms. The minimum absolute atomic E-state index is 0.0112. The molecule has 3 rings (SSSR count). The van der Waals surface area contributed by atoms with Gasteiger partial charge in [0.2, 0.25) is 16.9 Å². The highest BCUT2D eigenvalue weighted by Crippen LogP contribution is 2.32. The lowest BCUT2D eigenvalue weighted by atomic mass is 10.1. The van der Waals surface area contributed by atoms with Crippen molar-refractivity contribution in [2.75, 3.05) is 19.7 Å². The molecular formula is C21H23NO5. The van der Waals surface area contributed by atoms with Crippen LogP contribution in [0.3, 0.4) is 0 Å². The lowest BCUT2D eigenvalue weighted by Gasteiger charge is -2.19. The minimum atomic E-state index is -0.318. The van der Waals surface area contributed by atoms with Crippen molar-refractivity contribution in [1.82, 2.24) is 4.90 Å². The summed E-state index contributed by atoms with van der Waals surface area (Å²) in [5.74, 6) is 0.365. The third kappa shape index (κ3) is 3.60. The van der Waals surface area contributed by atoms with Crippen LogP contribution in [0.2, 0.25) is 0 Å². The van der Waals surface area contributed by atoms with Crippen molar-refractivity contribution in [3.63, 3.8) is 0 Å². The van der Waals surface area contributed by atoms with Crippen molar-refractivity contribution in [2.45, 2.75) is 27.7 Å². The van der Waals surface area contributed by atoms with Gasteiger partial charge >= 0.3 is 0 Å². The first-order chi connectivity index (χ1) is 13.0. The van der Waals surface area contributed by atoms with E-state index in [0.29, 0.717) is 29.8 Å². The van der Waals surface area contributed by atoms with Crippen molar-refractivity contribution in [1.29, 1.82) is 0 Å². The second-order valence-corrected chi connectivity index (χ2v) is 6.38. The van der Waals surface area contributed by atoms with Gasteiger partial charge in [0.25, 0.3) is 5.91 Å². The number of aryl methyl sites for hydroxylation is 2. The molecule has 0 saturated heterocycles. The summed E-state index contributed by atoms with van der Waals surface area (Å²) in [6.07, 6.45) is 1.49. The van der Waals surface area contributed by atoms with Gasteiger partial charge in [-0.2, -0.15) is 0 Å². The summed E-state index contributed by atoms with van der Waals surface area (Å²) in [5.41, 5.74) is 1.96. The van der Waals surface area contributed by atoms with Crippen molar-refractivity contribution in [3.8, 4) is 17.3 Å². The molecule has 0 radical (unpaired) electrons. The summed E-state index contributed by atoms with van der Waals surface area (Å²) in [7, 11) is 0. The Morgan fingerprint density at radius 3 is 2.56 bits per heavy atom. The molecule has 0 spiro atoms. The molecule has 6 heteroatoms. The molecule has 2 heterocycles. The van der Waals surface area contributed by atoms with E-state index in [1.165, 1.54) is 6.26 Å². The summed E-state index contributed by atoms with van der Waals surface area (Å²) < 4.78 is 17.1. The lowest BCUT2D eigenvalue weighted by Crippen LogP contribution is -2.35. The van der Waals surface area contributed by atoms with Gasteiger partial charge in [-0.1, -0.05) is 6.07 Å². The molecule has 0 aliphatic rings. The van der Waals surface area contributed by atoms with Crippen LogP contribution >= 0.6 is 0 Å². The number of hydrogen-bond donors (Lipinski definition) is 0. The van der Waals surface area contributed by atoms with Crippen molar-refractivity contribution < 1.29 is 18.4 Å². The molecule has 1 amide bonds. The van der Waals surface area contributed by atoms with E-state index >= 15 is 0 Å². The highest BCUT2D eigenvalue weighted by molar-refractivity contribution is 5.85. The van der Waals surface area contributed by atoms with E-state index in [9.17, 15) is 9.59 Å². The van der Waals surface area contributed by atoms with Crippen LogP contribution in [0.4, 0.5) is 0 Å². The summed E-state index contributed by atoms with van der Waals surface area (Å²) in [4.78, 5) is 27.1. The highest BCUT2D eigenvalue weighted by Gasteiger charge is 2.22. The van der Waals surface area contributed by atoms with Gasteiger partial charge in [0.15, 0.2) is 12.4 Å². The molecule has 0 atom stereocenters. The smallest absolute Gasteiger partial charge is 0.260 e. The van der Waals surface area contributed by atoms with Crippen LogP contribution in [0.5, 0.6) is 5.75 Å². The van der Waals surface area contributed by atoms with E-state index < -0.39 is 0 Å². The number of amides is 1. The van der Waals surface area contributed by atoms with Crippen molar-refractivity contribution in [2.24, 2.45) is 0 Å². The number of furan rings is 1. The van der Waals surface area contributed by atoms with E-state index in [0.717, 1.165) is 11.1 Å². The van der Waals surface area contributed by atoms with Crippen LogP contribution in [0.15, 0.2) is 44.2 Å². The number of rotatable bonds is 6. The van der Waals surface area contributed by atoms with E-state index in [-0.39, 0.29) is 29.5 Å². The molecule has 0 saturated carbocycles. The summed E-state index contributed by atoms with van der Waals surface area (Å²) >= 11 is 0. The number of fused-ring (bicyclic) bond motifs is 1. The Kier molecular flexibility index (Phi) is 5.35. The average Bonchev–Trinajstić information content (AvgIpc) is 3.17. The Hall–Kier alpha value is -3.02. The predicted octanol–water partition coefficient (Wildman–Crippen LogP) is 3.92. The molecule has 1 aromatic carbocycles. The monoisotopic (exact) mass is 369 g/mol. The van der Waals surface area contributed by atoms with Crippen molar-refractivity contribution in [3.05, 3.63) is 51.9 Å². The zero-order valence-corrected chi connectivity index (χ0v) is 16.0. The molecule has 0 aliphatic heterocycles. The summed E-state index contributed by atoms with van der Waals surface area (Å²) in [6.45, 7) is 8.50. The maximum absolute atomic E-state index is 13.1. The zero-order chi connectivity index (χ0) is 19.6. The second kappa shape index (κ2) is 7.70. The van der Waals surface area contributed by atoms with Crippen LogP contribution in [0.1, 0.15) is 25.0 Å². The Labute approximate surface area is 157 Å². The second-order valence-electron chi connectivity index (χ2n) is 6.38. The van der Waals surface area contributed by atoms with Crippen LogP contribution in [0.25, 0.3) is 22.5 Å². The summed E-state index contributed by atoms with van der Waals surface area (Å²) in [5, 5.41) is 0.424. The molecule has 0 unspecified atom stereocenters. The van der Waals surface area contributed by atoms with Gasteiger partial charge in [-0.3, -0.25) is 9.59 Å². The Morgan fingerprint density at radius 1 is 1.19 bits per heavy atom. The van der Waals surface area contributed by atoms with E-state index in [4.69, 9.17) is 13.6 Å². The van der Waals surface area contributed by atoms with E-state index in [1.807, 2.05) is 33.8 Å². The van der Waals surface area contributed by atoms with E-state index in [2.05, 4.69) is 0 Å². The third-order valence-corrected chi connectivity index (χ3v) is 4.48. The molecular weight excluding hydrogens is 346 g/mol. The van der Waals surface area contributed by atoms with Gasteiger partial charge in [0.1, 0.15) is 5.58 Å². The van der Waals surface area contributed by atoms with Crippen molar-refractivity contribution >= 4 is 16.9 Å². The maximum atomic E-state index is 13.1. The molecule has 3 aromatic rings. The molecule has 0 fully saturated rings. The average molecular weight is 369 g/mol. The fraction of sp³-hybridized carbons (Fsp3) is 0.333. The van der Waals surface area contributed by atoms with Crippen LogP contribution < -0.4 is 10.2 Å². The Balaban J connectivity index is 2.12. The maximum Gasteiger partial charge on any atom is 0.260 e. The predicted molar refractivity (Wildman–Crippen MR) is 103 cm³/mol. The molecule has 0 N–H and O–H groups in total. The number of ether oxygens (including phenoxy) is 1. The highest BCUT2D eigenvalue weighted by atomic mass is 16.5. The standard InChI is InChI=1S/C21H23NO5/c1-5-22(6-2)17(23)12-26-21-18(24)15-11-13(3)10-14(4)19(15)27-20(21)16-8-7-9-25-16/h7-11H,5-6,12H2,1-4H3. The number of benzene rings is 1. The SMILES string of the molecule is CCN(CC)C(=O)COc1c(-c2ccco2)oc2c(C)cc(C)cc2c1=O. The largest absolute Gasteiger partial charge is 0.476 e. The van der Waals surface area contributed by atoms with Crippen LogP contribution in [-0.4, -0.2) is 30.5 Å². The molecule has 6 nitrogen and oxygen atoms in total. The van der Waals surface area contributed by atoms with Gasteiger partial charge < -0.3 is 18.5 Å². The topological polar surface area (TPSA) is 72.9 Å². The fourth-order valence-corrected chi connectivity index (χ4v) is 3.13.